The normalized spacial score (nSPS) is 10.4. The summed E-state index contributed by atoms with van der Waals surface area (Å²) in [5.74, 6) is -0.607. The third kappa shape index (κ3) is 4.22. The highest BCUT2D eigenvalue weighted by Gasteiger charge is 2.09. The predicted molar refractivity (Wildman–Crippen MR) is 103 cm³/mol. The topological polar surface area (TPSA) is 100 Å². The van der Waals surface area contributed by atoms with Gasteiger partial charge in [0.1, 0.15) is 0 Å². The molecule has 0 aliphatic heterocycles. The molecule has 0 saturated heterocycles. The van der Waals surface area contributed by atoms with Crippen LogP contribution in [0.1, 0.15) is 24.2 Å². The number of nitrogens with zero attached hydrogens (tertiary/aromatic N) is 1. The summed E-state index contributed by atoms with van der Waals surface area (Å²) in [5, 5.41) is 8.64. The number of fused-ring (bicyclic) bond motifs is 1. The average Bonchev–Trinajstić information content (AvgIpc) is 2.95. The van der Waals surface area contributed by atoms with Crippen LogP contribution in [0.4, 0.5) is 16.5 Å². The molecule has 0 spiro atoms. The molecular weight excluding hydrogens is 352 g/mol. The molecule has 0 radical (unpaired) electrons. The van der Waals surface area contributed by atoms with Crippen molar-refractivity contribution in [3.05, 3.63) is 48.0 Å². The maximum atomic E-state index is 12.4. The van der Waals surface area contributed by atoms with Gasteiger partial charge in [0.05, 0.1) is 10.2 Å². The number of rotatable bonds is 4. The van der Waals surface area contributed by atoms with Crippen LogP contribution in [-0.2, 0) is 9.59 Å². The number of carbonyl (C=O) groups excluding carboxylic acids is 3. The zero-order valence-corrected chi connectivity index (χ0v) is 14.9. The second-order valence-electron chi connectivity index (χ2n) is 5.60. The van der Waals surface area contributed by atoms with Crippen molar-refractivity contribution in [2.75, 3.05) is 16.0 Å². The molecule has 132 valence electrons. The fourth-order valence-electron chi connectivity index (χ4n) is 2.32. The van der Waals surface area contributed by atoms with Crippen molar-refractivity contribution >= 4 is 55.8 Å². The fraction of sp³-hybridized carbons (Fsp3) is 0.111. The van der Waals surface area contributed by atoms with E-state index in [1.807, 2.05) is 6.07 Å². The van der Waals surface area contributed by atoms with Gasteiger partial charge in [0.2, 0.25) is 11.8 Å². The Morgan fingerprint density at radius 1 is 0.846 bits per heavy atom. The van der Waals surface area contributed by atoms with E-state index < -0.39 is 0 Å². The summed E-state index contributed by atoms with van der Waals surface area (Å²) in [6.07, 6.45) is 0. The molecule has 0 fully saturated rings. The first kappa shape index (κ1) is 17.6. The Morgan fingerprint density at radius 2 is 1.50 bits per heavy atom. The molecule has 3 N–H and O–H groups in total. The van der Waals surface area contributed by atoms with Gasteiger partial charge in [-0.15, -0.1) is 0 Å². The molecule has 0 atom stereocenters. The molecule has 3 rings (SSSR count). The summed E-state index contributed by atoms with van der Waals surface area (Å²) in [4.78, 5) is 38.8. The number of carbonyl (C=O) groups is 3. The van der Waals surface area contributed by atoms with E-state index in [2.05, 4.69) is 20.9 Å². The van der Waals surface area contributed by atoms with E-state index in [0.29, 0.717) is 22.1 Å². The second-order valence-corrected chi connectivity index (χ2v) is 6.63. The molecule has 26 heavy (non-hydrogen) atoms. The van der Waals surface area contributed by atoms with Gasteiger partial charge in [0.15, 0.2) is 5.13 Å². The Morgan fingerprint density at radius 3 is 2.15 bits per heavy atom. The first-order chi connectivity index (χ1) is 12.4. The standard InChI is InChI=1S/C18H16N4O3S/c1-10(23)19-13-5-3-12(4-6-13)17(25)21-14-7-8-15-16(9-14)26-18(22-15)20-11(2)24/h3-9H,1-2H3,(H,19,23)(H,21,25)(H,20,22,24). The van der Waals surface area contributed by atoms with Gasteiger partial charge in [-0.05, 0) is 42.5 Å². The number of hydrogen-bond donors (Lipinski definition) is 3. The SMILES string of the molecule is CC(=O)Nc1ccc(C(=O)Nc2ccc3nc(NC(C)=O)sc3c2)cc1. The highest BCUT2D eigenvalue weighted by Crippen LogP contribution is 2.28. The lowest BCUT2D eigenvalue weighted by Crippen LogP contribution is -2.12. The Hall–Kier alpha value is -3.26. The lowest BCUT2D eigenvalue weighted by atomic mass is 10.2. The molecular formula is C18H16N4O3S. The van der Waals surface area contributed by atoms with Crippen LogP contribution in [0.5, 0.6) is 0 Å². The van der Waals surface area contributed by atoms with Gasteiger partial charge in [-0.25, -0.2) is 4.98 Å². The van der Waals surface area contributed by atoms with Crippen molar-refractivity contribution in [2.24, 2.45) is 0 Å². The Labute approximate surface area is 153 Å². The molecule has 8 heteroatoms. The molecule has 0 aliphatic rings. The highest BCUT2D eigenvalue weighted by atomic mass is 32.1. The lowest BCUT2D eigenvalue weighted by molar-refractivity contribution is -0.115. The fourth-order valence-corrected chi connectivity index (χ4v) is 3.27. The monoisotopic (exact) mass is 368 g/mol. The number of amides is 3. The van der Waals surface area contributed by atoms with Crippen LogP contribution in [0, 0.1) is 0 Å². The van der Waals surface area contributed by atoms with Crippen molar-refractivity contribution in [2.45, 2.75) is 13.8 Å². The highest BCUT2D eigenvalue weighted by molar-refractivity contribution is 7.22. The average molecular weight is 368 g/mol. The van der Waals surface area contributed by atoms with Crippen LogP contribution in [0.25, 0.3) is 10.2 Å². The van der Waals surface area contributed by atoms with Crippen molar-refractivity contribution in [3.63, 3.8) is 0 Å². The number of thiazole rings is 1. The number of aromatic nitrogens is 1. The third-order valence-electron chi connectivity index (χ3n) is 3.40. The molecule has 3 amide bonds. The van der Waals surface area contributed by atoms with Gasteiger partial charge in [0.25, 0.3) is 5.91 Å². The summed E-state index contributed by atoms with van der Waals surface area (Å²) in [7, 11) is 0. The predicted octanol–water partition coefficient (Wildman–Crippen LogP) is 3.47. The summed E-state index contributed by atoms with van der Waals surface area (Å²) in [5.41, 5.74) is 2.48. The second kappa shape index (κ2) is 7.32. The van der Waals surface area contributed by atoms with E-state index in [-0.39, 0.29) is 17.7 Å². The van der Waals surface area contributed by atoms with Gasteiger partial charge < -0.3 is 16.0 Å². The Kier molecular flexibility index (Phi) is 4.94. The Balaban J connectivity index is 1.74. The number of benzene rings is 2. The largest absolute Gasteiger partial charge is 0.326 e. The summed E-state index contributed by atoms with van der Waals surface area (Å²) in [6, 6.07) is 12.0. The van der Waals surface area contributed by atoms with Gasteiger partial charge in [-0.3, -0.25) is 14.4 Å². The van der Waals surface area contributed by atoms with Crippen molar-refractivity contribution < 1.29 is 14.4 Å². The number of hydrogen-bond acceptors (Lipinski definition) is 5. The Bertz CT molecular complexity index is 995. The minimum atomic E-state index is -0.259. The van der Waals surface area contributed by atoms with E-state index >= 15 is 0 Å². The van der Waals surface area contributed by atoms with Gasteiger partial charge >= 0.3 is 0 Å². The van der Waals surface area contributed by atoms with E-state index in [0.717, 1.165) is 10.2 Å². The number of nitrogens with one attached hydrogen (secondary N) is 3. The minimum absolute atomic E-state index is 0.168. The zero-order valence-electron chi connectivity index (χ0n) is 14.1. The first-order valence-electron chi connectivity index (χ1n) is 7.78. The molecule has 0 bridgehead atoms. The van der Waals surface area contributed by atoms with Crippen LogP contribution in [0.3, 0.4) is 0 Å². The maximum absolute atomic E-state index is 12.4. The van der Waals surface area contributed by atoms with Crippen LogP contribution >= 0.6 is 11.3 Å². The third-order valence-corrected chi connectivity index (χ3v) is 4.33. The van der Waals surface area contributed by atoms with Gasteiger partial charge in [-0.2, -0.15) is 0 Å². The molecule has 1 aromatic heterocycles. The molecule has 0 saturated carbocycles. The molecule has 7 nitrogen and oxygen atoms in total. The molecule has 3 aromatic rings. The summed E-state index contributed by atoms with van der Waals surface area (Å²) in [6.45, 7) is 2.85. The van der Waals surface area contributed by atoms with Crippen LogP contribution in [-0.4, -0.2) is 22.7 Å². The maximum Gasteiger partial charge on any atom is 0.255 e. The molecule has 0 unspecified atom stereocenters. The van der Waals surface area contributed by atoms with Crippen molar-refractivity contribution in [1.82, 2.24) is 4.98 Å². The van der Waals surface area contributed by atoms with E-state index in [9.17, 15) is 14.4 Å². The van der Waals surface area contributed by atoms with E-state index in [4.69, 9.17) is 0 Å². The molecule has 1 heterocycles. The first-order valence-corrected chi connectivity index (χ1v) is 8.59. The van der Waals surface area contributed by atoms with Crippen molar-refractivity contribution in [3.8, 4) is 0 Å². The smallest absolute Gasteiger partial charge is 0.255 e. The van der Waals surface area contributed by atoms with E-state index in [1.54, 1.807) is 36.4 Å². The summed E-state index contributed by atoms with van der Waals surface area (Å²) >= 11 is 1.34. The number of anilines is 3. The van der Waals surface area contributed by atoms with Crippen LogP contribution in [0.2, 0.25) is 0 Å². The van der Waals surface area contributed by atoms with E-state index in [1.165, 1.54) is 25.2 Å². The molecule has 0 aliphatic carbocycles. The summed E-state index contributed by atoms with van der Waals surface area (Å²) < 4.78 is 0.854. The minimum Gasteiger partial charge on any atom is -0.326 e. The van der Waals surface area contributed by atoms with Gasteiger partial charge in [0, 0.05) is 30.8 Å². The molecule has 2 aromatic carbocycles. The van der Waals surface area contributed by atoms with Crippen molar-refractivity contribution in [1.29, 1.82) is 0 Å². The quantitative estimate of drug-likeness (QED) is 0.656. The lowest BCUT2D eigenvalue weighted by Gasteiger charge is -2.06. The van der Waals surface area contributed by atoms with Crippen LogP contribution < -0.4 is 16.0 Å². The van der Waals surface area contributed by atoms with Gasteiger partial charge in [-0.1, -0.05) is 11.3 Å². The van der Waals surface area contributed by atoms with Crippen LogP contribution in [0.15, 0.2) is 42.5 Å². The zero-order chi connectivity index (χ0) is 18.7.